The molecule has 0 saturated heterocycles. The van der Waals surface area contributed by atoms with Crippen LogP contribution in [0.4, 0.5) is 5.69 Å². The number of hydrogen-bond donors (Lipinski definition) is 1. The van der Waals surface area contributed by atoms with Crippen molar-refractivity contribution in [2.24, 2.45) is 0 Å². The SMILES string of the molecule is C/C=C/C(=O)N(c1ccc(C(C)(C)C)cc1)C(C(=O)NC1CCCCC1)c1ccncc1. The minimum Gasteiger partial charge on any atom is -0.351 e. The van der Waals surface area contributed by atoms with Gasteiger partial charge in [-0.05, 0) is 66.6 Å². The van der Waals surface area contributed by atoms with E-state index in [1.165, 1.54) is 18.1 Å². The van der Waals surface area contributed by atoms with Crippen molar-refractivity contribution in [2.75, 3.05) is 4.90 Å². The van der Waals surface area contributed by atoms with Gasteiger partial charge in [0.15, 0.2) is 0 Å². The zero-order valence-electron chi connectivity index (χ0n) is 19.7. The molecule has 1 saturated carbocycles. The molecule has 1 aromatic heterocycles. The van der Waals surface area contributed by atoms with Crippen molar-refractivity contribution < 1.29 is 9.59 Å². The van der Waals surface area contributed by atoms with Gasteiger partial charge in [0.2, 0.25) is 5.91 Å². The Balaban J connectivity index is 2.03. The van der Waals surface area contributed by atoms with Crippen molar-refractivity contribution in [3.05, 3.63) is 72.1 Å². The first kappa shape index (κ1) is 23.7. The summed E-state index contributed by atoms with van der Waals surface area (Å²) < 4.78 is 0. The molecule has 5 heteroatoms. The Morgan fingerprint density at radius 1 is 1.03 bits per heavy atom. The summed E-state index contributed by atoms with van der Waals surface area (Å²) >= 11 is 0. The lowest BCUT2D eigenvalue weighted by molar-refractivity contribution is -0.126. The lowest BCUT2D eigenvalue weighted by Crippen LogP contribution is -2.47. The highest BCUT2D eigenvalue weighted by atomic mass is 16.2. The molecule has 1 aliphatic carbocycles. The molecule has 3 rings (SSSR count). The van der Waals surface area contributed by atoms with Gasteiger partial charge < -0.3 is 5.32 Å². The summed E-state index contributed by atoms with van der Waals surface area (Å²) in [5.41, 5.74) is 2.61. The molecule has 2 amide bonds. The minimum absolute atomic E-state index is 0.000448. The summed E-state index contributed by atoms with van der Waals surface area (Å²) in [5, 5.41) is 3.22. The van der Waals surface area contributed by atoms with Gasteiger partial charge >= 0.3 is 0 Å². The van der Waals surface area contributed by atoms with Gasteiger partial charge in [-0.25, -0.2) is 0 Å². The number of nitrogens with one attached hydrogen (secondary N) is 1. The van der Waals surface area contributed by atoms with Crippen molar-refractivity contribution in [1.29, 1.82) is 0 Å². The molecule has 32 heavy (non-hydrogen) atoms. The van der Waals surface area contributed by atoms with Crippen molar-refractivity contribution in [3.8, 4) is 0 Å². The average molecular weight is 434 g/mol. The molecule has 0 bridgehead atoms. The molecule has 1 N–H and O–H groups in total. The molecule has 1 heterocycles. The smallest absolute Gasteiger partial charge is 0.251 e. The fourth-order valence-corrected chi connectivity index (χ4v) is 4.24. The third-order valence-corrected chi connectivity index (χ3v) is 6.04. The zero-order valence-corrected chi connectivity index (χ0v) is 19.7. The molecule has 2 aromatic rings. The number of benzene rings is 1. The highest BCUT2D eigenvalue weighted by molar-refractivity contribution is 6.06. The van der Waals surface area contributed by atoms with E-state index in [0.717, 1.165) is 31.2 Å². The van der Waals surface area contributed by atoms with Crippen LogP contribution in [0, 0.1) is 0 Å². The fraction of sp³-hybridized carbons (Fsp3) is 0.444. The highest BCUT2D eigenvalue weighted by Gasteiger charge is 2.33. The Hall–Kier alpha value is -2.95. The molecule has 170 valence electrons. The number of hydrogen-bond acceptors (Lipinski definition) is 3. The summed E-state index contributed by atoms with van der Waals surface area (Å²) in [6.07, 6.45) is 12.0. The number of rotatable bonds is 6. The second-order valence-electron chi connectivity index (χ2n) is 9.53. The Morgan fingerprint density at radius 2 is 1.66 bits per heavy atom. The van der Waals surface area contributed by atoms with Gasteiger partial charge in [0, 0.05) is 24.1 Å². The third-order valence-electron chi connectivity index (χ3n) is 6.04. The van der Waals surface area contributed by atoms with E-state index in [1.54, 1.807) is 23.4 Å². The monoisotopic (exact) mass is 433 g/mol. The van der Waals surface area contributed by atoms with Crippen LogP contribution in [0.1, 0.15) is 77.0 Å². The number of carbonyl (C=O) groups is 2. The van der Waals surface area contributed by atoms with E-state index >= 15 is 0 Å². The van der Waals surface area contributed by atoms with Crippen LogP contribution < -0.4 is 10.2 Å². The third kappa shape index (κ3) is 5.84. The summed E-state index contributed by atoms with van der Waals surface area (Å²) in [6, 6.07) is 10.9. The molecule has 1 aromatic carbocycles. The van der Waals surface area contributed by atoms with Crippen LogP contribution in [0.15, 0.2) is 60.9 Å². The Bertz CT molecular complexity index is 924. The number of carbonyl (C=O) groups excluding carboxylic acids is 2. The molecule has 0 spiro atoms. The van der Waals surface area contributed by atoms with E-state index in [-0.39, 0.29) is 23.3 Å². The van der Waals surface area contributed by atoms with Crippen LogP contribution >= 0.6 is 0 Å². The van der Waals surface area contributed by atoms with Crippen LogP contribution in [0.3, 0.4) is 0 Å². The maximum absolute atomic E-state index is 13.6. The second kappa shape index (κ2) is 10.6. The van der Waals surface area contributed by atoms with Gasteiger partial charge in [0.25, 0.3) is 5.91 Å². The van der Waals surface area contributed by atoms with E-state index in [0.29, 0.717) is 5.69 Å². The van der Waals surface area contributed by atoms with Gasteiger partial charge in [-0.2, -0.15) is 0 Å². The summed E-state index contributed by atoms with van der Waals surface area (Å²) in [5.74, 6) is -0.377. The molecule has 5 nitrogen and oxygen atoms in total. The topological polar surface area (TPSA) is 62.3 Å². The van der Waals surface area contributed by atoms with Crippen LogP contribution in [-0.4, -0.2) is 22.8 Å². The van der Waals surface area contributed by atoms with Gasteiger partial charge in [-0.15, -0.1) is 0 Å². The Kier molecular flexibility index (Phi) is 7.84. The largest absolute Gasteiger partial charge is 0.351 e. The quantitative estimate of drug-likeness (QED) is 0.614. The Morgan fingerprint density at radius 3 is 2.22 bits per heavy atom. The summed E-state index contributed by atoms with van der Waals surface area (Å²) in [7, 11) is 0. The van der Waals surface area contributed by atoms with E-state index in [1.807, 2.05) is 43.3 Å². The molecule has 1 unspecified atom stereocenters. The van der Waals surface area contributed by atoms with Gasteiger partial charge in [-0.3, -0.25) is 19.5 Å². The normalized spacial score (nSPS) is 16.0. The highest BCUT2D eigenvalue weighted by Crippen LogP contribution is 2.31. The predicted molar refractivity (Wildman–Crippen MR) is 129 cm³/mol. The van der Waals surface area contributed by atoms with Crippen molar-refractivity contribution in [1.82, 2.24) is 10.3 Å². The molecular weight excluding hydrogens is 398 g/mol. The van der Waals surface area contributed by atoms with Gasteiger partial charge in [-0.1, -0.05) is 58.2 Å². The Labute approximate surface area is 191 Å². The summed E-state index contributed by atoms with van der Waals surface area (Å²) in [4.78, 5) is 32.6. The number of aromatic nitrogens is 1. The van der Waals surface area contributed by atoms with E-state index in [4.69, 9.17) is 0 Å². The predicted octanol–water partition coefficient (Wildman–Crippen LogP) is 5.48. The molecule has 1 fully saturated rings. The molecular formula is C27H35N3O2. The minimum atomic E-state index is -0.774. The molecule has 1 aliphatic rings. The molecule has 0 radical (unpaired) electrons. The van der Waals surface area contributed by atoms with Crippen LogP contribution in [-0.2, 0) is 15.0 Å². The summed E-state index contributed by atoms with van der Waals surface area (Å²) in [6.45, 7) is 8.27. The number of nitrogens with zero attached hydrogens (tertiary/aromatic N) is 2. The van der Waals surface area contributed by atoms with E-state index < -0.39 is 6.04 Å². The van der Waals surface area contributed by atoms with Gasteiger partial charge in [0.05, 0.1) is 0 Å². The van der Waals surface area contributed by atoms with Crippen LogP contribution in [0.5, 0.6) is 0 Å². The first-order valence-electron chi connectivity index (χ1n) is 11.6. The van der Waals surface area contributed by atoms with Crippen molar-refractivity contribution >= 4 is 17.5 Å². The lowest BCUT2D eigenvalue weighted by Gasteiger charge is -2.33. The lowest BCUT2D eigenvalue weighted by atomic mass is 9.87. The van der Waals surface area contributed by atoms with Crippen molar-refractivity contribution in [3.63, 3.8) is 0 Å². The zero-order chi connectivity index (χ0) is 23.1. The maximum atomic E-state index is 13.6. The number of amides is 2. The molecule has 0 aliphatic heterocycles. The molecule has 1 atom stereocenters. The second-order valence-corrected chi connectivity index (χ2v) is 9.53. The van der Waals surface area contributed by atoms with Crippen LogP contribution in [0.2, 0.25) is 0 Å². The van der Waals surface area contributed by atoms with E-state index in [9.17, 15) is 9.59 Å². The standard InChI is InChI=1S/C27H35N3O2/c1-5-9-24(31)30(23-14-12-21(13-15-23)27(2,3)4)25(20-16-18-28-19-17-20)26(32)29-22-10-7-6-8-11-22/h5,9,12-19,22,25H,6-8,10-11H2,1-4H3,(H,29,32)/b9-5+. The van der Waals surface area contributed by atoms with Crippen molar-refractivity contribution in [2.45, 2.75) is 77.3 Å². The maximum Gasteiger partial charge on any atom is 0.251 e. The van der Waals surface area contributed by atoms with Crippen LogP contribution in [0.25, 0.3) is 0 Å². The van der Waals surface area contributed by atoms with Gasteiger partial charge in [0.1, 0.15) is 6.04 Å². The average Bonchev–Trinajstić information content (AvgIpc) is 2.78. The number of allylic oxidation sites excluding steroid dienone is 1. The first-order chi connectivity index (χ1) is 15.3. The number of pyridine rings is 1. The van der Waals surface area contributed by atoms with E-state index in [2.05, 4.69) is 31.1 Å². The fourth-order valence-electron chi connectivity index (χ4n) is 4.24. The first-order valence-corrected chi connectivity index (χ1v) is 11.6. The number of anilines is 1.